The Morgan fingerprint density at radius 3 is 2.45 bits per heavy atom. The molecule has 0 aliphatic heterocycles. The first kappa shape index (κ1) is 13.8. The fourth-order valence-electron chi connectivity index (χ4n) is 3.18. The van der Waals surface area contributed by atoms with Crippen molar-refractivity contribution >= 4 is 15.9 Å². The summed E-state index contributed by atoms with van der Waals surface area (Å²) in [6, 6.07) is 19.3. The van der Waals surface area contributed by atoms with E-state index in [9.17, 15) is 0 Å². The van der Waals surface area contributed by atoms with Gasteiger partial charge in [-0.1, -0.05) is 64.5 Å². The predicted octanol–water partition coefficient (Wildman–Crippen LogP) is 4.37. The molecule has 2 N–H and O–H groups in total. The maximum Gasteiger partial charge on any atom is 0.0207 e. The second-order valence-electron chi connectivity index (χ2n) is 5.71. The Bertz CT molecular complexity index is 567. The maximum atomic E-state index is 6.04. The van der Waals surface area contributed by atoms with Gasteiger partial charge in [0.25, 0.3) is 0 Å². The minimum Gasteiger partial charge on any atom is -0.330 e. The van der Waals surface area contributed by atoms with Crippen LogP contribution in [-0.4, -0.2) is 6.54 Å². The minimum absolute atomic E-state index is 0.582. The summed E-state index contributed by atoms with van der Waals surface area (Å²) in [5, 5.41) is 0. The molecule has 0 bridgehead atoms. The Morgan fingerprint density at radius 2 is 1.75 bits per heavy atom. The highest BCUT2D eigenvalue weighted by atomic mass is 79.9. The lowest BCUT2D eigenvalue weighted by molar-refractivity contribution is 0.460. The van der Waals surface area contributed by atoms with Crippen LogP contribution in [0.15, 0.2) is 59.1 Å². The molecule has 3 unspecified atom stereocenters. The van der Waals surface area contributed by atoms with Crippen molar-refractivity contribution in [3.05, 3.63) is 70.2 Å². The van der Waals surface area contributed by atoms with Crippen LogP contribution >= 0.6 is 15.9 Å². The predicted molar refractivity (Wildman–Crippen MR) is 87.7 cm³/mol. The summed E-state index contributed by atoms with van der Waals surface area (Å²) >= 11 is 3.64. The Hall–Kier alpha value is -1.12. The van der Waals surface area contributed by atoms with Crippen molar-refractivity contribution in [1.82, 2.24) is 0 Å². The third-order valence-corrected chi connectivity index (χ3v) is 5.19. The van der Waals surface area contributed by atoms with E-state index < -0.39 is 0 Å². The Balaban J connectivity index is 1.69. The summed E-state index contributed by atoms with van der Waals surface area (Å²) in [7, 11) is 0. The molecule has 1 nitrogen and oxygen atoms in total. The van der Waals surface area contributed by atoms with Gasteiger partial charge in [0.1, 0.15) is 0 Å². The normalized spacial score (nSPS) is 22.5. The van der Waals surface area contributed by atoms with Crippen LogP contribution in [0.25, 0.3) is 0 Å². The van der Waals surface area contributed by atoms with Crippen LogP contribution in [0.4, 0.5) is 0 Å². The van der Waals surface area contributed by atoms with E-state index in [1.54, 1.807) is 0 Å². The molecule has 3 rings (SSSR count). The summed E-state index contributed by atoms with van der Waals surface area (Å²) < 4.78 is 1.20. The topological polar surface area (TPSA) is 26.0 Å². The monoisotopic (exact) mass is 329 g/mol. The van der Waals surface area contributed by atoms with Gasteiger partial charge in [0.2, 0.25) is 0 Å². The minimum atomic E-state index is 0.582. The van der Waals surface area contributed by atoms with Crippen LogP contribution in [0.5, 0.6) is 0 Å². The van der Waals surface area contributed by atoms with Gasteiger partial charge in [-0.3, -0.25) is 0 Å². The highest BCUT2D eigenvalue weighted by Gasteiger charge is 2.42. The summed E-state index contributed by atoms with van der Waals surface area (Å²) in [6.07, 6.45) is 2.36. The fourth-order valence-corrected chi connectivity index (χ4v) is 3.62. The molecule has 1 aliphatic carbocycles. The Labute approximate surface area is 129 Å². The zero-order valence-electron chi connectivity index (χ0n) is 11.5. The van der Waals surface area contributed by atoms with Gasteiger partial charge in [-0.05, 0) is 54.3 Å². The van der Waals surface area contributed by atoms with Gasteiger partial charge < -0.3 is 5.73 Å². The first-order valence-corrected chi connectivity index (χ1v) is 8.07. The van der Waals surface area contributed by atoms with Crippen LogP contribution in [0, 0.1) is 11.8 Å². The molecule has 0 amide bonds. The molecule has 0 saturated heterocycles. The van der Waals surface area contributed by atoms with E-state index in [1.807, 2.05) is 0 Å². The van der Waals surface area contributed by atoms with E-state index in [0.717, 1.165) is 18.9 Å². The van der Waals surface area contributed by atoms with Gasteiger partial charge in [-0.15, -0.1) is 0 Å². The molecule has 0 aromatic heterocycles. The first-order chi connectivity index (χ1) is 9.79. The molecule has 1 fully saturated rings. The van der Waals surface area contributed by atoms with Gasteiger partial charge in [0.15, 0.2) is 0 Å². The number of halogens is 1. The number of hydrogen-bond acceptors (Lipinski definition) is 1. The van der Waals surface area contributed by atoms with Crippen LogP contribution in [0.2, 0.25) is 0 Å². The average molecular weight is 330 g/mol. The fraction of sp³-hybridized carbons (Fsp3) is 0.333. The third kappa shape index (κ3) is 2.97. The van der Waals surface area contributed by atoms with Crippen molar-refractivity contribution in [2.75, 3.05) is 6.54 Å². The van der Waals surface area contributed by atoms with Gasteiger partial charge in [-0.2, -0.15) is 0 Å². The highest BCUT2D eigenvalue weighted by Crippen LogP contribution is 2.52. The lowest BCUT2D eigenvalue weighted by Gasteiger charge is -2.16. The van der Waals surface area contributed by atoms with Crippen LogP contribution in [0.1, 0.15) is 23.5 Å². The molecule has 0 spiro atoms. The Kier molecular flexibility index (Phi) is 4.23. The lowest BCUT2D eigenvalue weighted by atomic mass is 9.92. The molecular formula is C18H20BrN. The van der Waals surface area contributed by atoms with Crippen molar-refractivity contribution in [1.29, 1.82) is 0 Å². The highest BCUT2D eigenvalue weighted by molar-refractivity contribution is 9.10. The van der Waals surface area contributed by atoms with Crippen molar-refractivity contribution in [3.8, 4) is 0 Å². The number of hydrogen-bond donors (Lipinski definition) is 1. The van der Waals surface area contributed by atoms with Gasteiger partial charge >= 0.3 is 0 Å². The van der Waals surface area contributed by atoms with Crippen molar-refractivity contribution in [2.45, 2.75) is 18.8 Å². The maximum absolute atomic E-state index is 6.04. The standard InChI is InChI=1S/C18H20BrN/c19-18-9-5-4-8-14(18)10-15(12-20)17-11-16(17)13-6-2-1-3-7-13/h1-9,15-17H,10-12,20H2. The molecule has 3 atom stereocenters. The molecule has 1 saturated carbocycles. The number of nitrogens with two attached hydrogens (primary N) is 1. The van der Waals surface area contributed by atoms with Gasteiger partial charge in [-0.25, -0.2) is 0 Å². The molecule has 20 heavy (non-hydrogen) atoms. The number of rotatable bonds is 5. The van der Waals surface area contributed by atoms with E-state index in [0.29, 0.717) is 11.8 Å². The zero-order chi connectivity index (χ0) is 13.9. The van der Waals surface area contributed by atoms with E-state index in [1.165, 1.54) is 22.0 Å². The van der Waals surface area contributed by atoms with Gasteiger partial charge in [0.05, 0.1) is 0 Å². The second-order valence-corrected chi connectivity index (χ2v) is 6.56. The molecule has 104 valence electrons. The van der Waals surface area contributed by atoms with Crippen molar-refractivity contribution in [2.24, 2.45) is 17.6 Å². The summed E-state index contributed by atoms with van der Waals surface area (Å²) in [5.41, 5.74) is 8.89. The van der Waals surface area contributed by atoms with Crippen molar-refractivity contribution < 1.29 is 0 Å². The SMILES string of the molecule is NCC(Cc1ccccc1Br)C1CC1c1ccccc1. The summed E-state index contributed by atoms with van der Waals surface area (Å²) in [5.74, 6) is 2.04. The largest absolute Gasteiger partial charge is 0.330 e. The Morgan fingerprint density at radius 1 is 1.05 bits per heavy atom. The molecule has 0 radical (unpaired) electrons. The van der Waals surface area contributed by atoms with E-state index in [-0.39, 0.29) is 0 Å². The van der Waals surface area contributed by atoms with Crippen molar-refractivity contribution in [3.63, 3.8) is 0 Å². The van der Waals surface area contributed by atoms with E-state index in [2.05, 4.69) is 70.5 Å². The molecular weight excluding hydrogens is 310 g/mol. The average Bonchev–Trinajstić information content (AvgIpc) is 3.28. The van der Waals surface area contributed by atoms with E-state index >= 15 is 0 Å². The molecule has 2 aromatic rings. The molecule has 1 aliphatic rings. The second kappa shape index (κ2) is 6.11. The lowest BCUT2D eigenvalue weighted by Crippen LogP contribution is -2.19. The van der Waals surface area contributed by atoms with Gasteiger partial charge in [0, 0.05) is 4.47 Å². The smallest absolute Gasteiger partial charge is 0.0207 e. The zero-order valence-corrected chi connectivity index (χ0v) is 13.1. The first-order valence-electron chi connectivity index (χ1n) is 7.28. The molecule has 2 heteroatoms. The van der Waals surface area contributed by atoms with Crippen LogP contribution in [-0.2, 0) is 6.42 Å². The molecule has 0 heterocycles. The third-order valence-electron chi connectivity index (χ3n) is 4.42. The van der Waals surface area contributed by atoms with E-state index in [4.69, 9.17) is 5.73 Å². The summed E-state index contributed by atoms with van der Waals surface area (Å²) in [6.45, 7) is 0.773. The number of benzene rings is 2. The van der Waals surface area contributed by atoms with Crippen LogP contribution in [0.3, 0.4) is 0 Å². The quantitative estimate of drug-likeness (QED) is 0.865. The van der Waals surface area contributed by atoms with Crippen LogP contribution < -0.4 is 5.73 Å². The molecule has 2 aromatic carbocycles. The summed E-state index contributed by atoms with van der Waals surface area (Å²) in [4.78, 5) is 0.